The molecule has 0 unspecified atom stereocenters. The Morgan fingerprint density at radius 3 is 2.02 bits per heavy atom. The lowest BCUT2D eigenvalue weighted by Gasteiger charge is -2.26. The van der Waals surface area contributed by atoms with Crippen LogP contribution >= 0.6 is 0 Å². The molecule has 0 fully saturated rings. The van der Waals surface area contributed by atoms with Gasteiger partial charge in [0.05, 0.1) is 28.0 Å². The number of aromatic hydroxyl groups is 1. The van der Waals surface area contributed by atoms with Crippen molar-refractivity contribution in [3.8, 4) is 67.5 Å². The number of aryl methyl sites for hydroxylation is 2. The molecule has 4 heteroatoms. The van der Waals surface area contributed by atoms with Crippen LogP contribution in [0.2, 0.25) is 0 Å². The monoisotopic (exact) mass is 811 g/mol. The lowest BCUT2D eigenvalue weighted by atomic mass is 9.81. The molecule has 0 bridgehead atoms. The van der Waals surface area contributed by atoms with Crippen LogP contribution in [0.25, 0.3) is 72.7 Å². The number of pyridine rings is 1. The first-order valence-corrected chi connectivity index (χ1v) is 20.9. The van der Waals surface area contributed by atoms with Crippen molar-refractivity contribution in [2.24, 2.45) is 0 Å². The van der Waals surface area contributed by atoms with Crippen LogP contribution in [0.5, 0.6) is 5.75 Å². The van der Waals surface area contributed by atoms with Gasteiger partial charge in [0.1, 0.15) is 11.6 Å². The van der Waals surface area contributed by atoms with E-state index in [-0.39, 0.29) is 22.1 Å². The summed E-state index contributed by atoms with van der Waals surface area (Å²) in [6, 6.07) is 43.1. The molecule has 2 aromatic heterocycles. The zero-order valence-corrected chi connectivity index (χ0v) is 36.3. The van der Waals surface area contributed by atoms with E-state index in [2.05, 4.69) is 119 Å². The lowest BCUT2D eigenvalue weighted by Crippen LogP contribution is -2.16. The van der Waals surface area contributed by atoms with E-state index in [1.807, 2.05) is 44.2 Å². The molecule has 0 aliphatic heterocycles. The molecule has 0 amide bonds. The maximum absolute atomic E-state index is 11.8. The molecule has 61 heavy (non-hydrogen) atoms. The second-order valence-corrected chi connectivity index (χ2v) is 18.1. The molecule has 0 radical (unpaired) electrons. The van der Waals surface area contributed by atoms with E-state index in [1.54, 1.807) is 24.4 Å². The van der Waals surface area contributed by atoms with Gasteiger partial charge in [-0.25, -0.2) is 4.98 Å². The number of rotatable bonds is 8. The van der Waals surface area contributed by atoms with E-state index in [4.69, 9.17) is 22.3 Å². The van der Waals surface area contributed by atoms with Crippen molar-refractivity contribution >= 4 is 11.0 Å². The highest BCUT2D eigenvalue weighted by molar-refractivity contribution is 5.98. The second kappa shape index (κ2) is 15.6. The first-order chi connectivity index (χ1) is 32.7. The lowest BCUT2D eigenvalue weighted by molar-refractivity contribution is 0.472. The number of nitrogens with zero attached hydrogens (tertiary/aromatic N) is 3. The molecule has 8 rings (SSSR count). The third kappa shape index (κ3) is 8.04. The fourth-order valence-corrected chi connectivity index (χ4v) is 8.14. The molecule has 0 saturated heterocycles. The Hall–Kier alpha value is -6.26. The van der Waals surface area contributed by atoms with Gasteiger partial charge in [0.2, 0.25) is 0 Å². The summed E-state index contributed by atoms with van der Waals surface area (Å²) < 4.78 is 75.9. The molecule has 0 atom stereocenters. The van der Waals surface area contributed by atoms with E-state index in [0.717, 1.165) is 67.6 Å². The molecule has 8 aromatic rings. The number of phenols is 1. The van der Waals surface area contributed by atoms with Gasteiger partial charge in [0.25, 0.3) is 0 Å². The standard InChI is InChI=1S/C57H59N3O/c1-12-57(10,11)44-25-26-50(47(35-44)39-17-14-13-15-18-39)60-51-20-16-19-46(52(51)59-54(60)48-30-36(2)29-37(3)53(48)61)41-31-42(33-45(32-41)56(7,8)9)49-34-40(27-28-58-49)38-21-23-43(24-22-38)55(4,5)6/h13-35,61H,12H2,1-11H3/i4D3,5D3,6D3. The average Bonchev–Trinajstić information content (AvgIpc) is 3.68. The summed E-state index contributed by atoms with van der Waals surface area (Å²) in [4.78, 5) is 10.3. The maximum atomic E-state index is 11.8. The van der Waals surface area contributed by atoms with Gasteiger partial charge in [0.15, 0.2) is 0 Å². The van der Waals surface area contributed by atoms with Crippen LogP contribution in [0.4, 0.5) is 0 Å². The first kappa shape index (κ1) is 31.6. The minimum atomic E-state index is -3.36. The number of imidazole rings is 1. The SMILES string of the molecule is [2H]C([2H])([2H])C(c1ccc(-c2ccnc(-c3cc(-c4cccc5c4nc(-c4cc(C)cc(C)c4O)n5-c4ccc(C(C)(C)CC)cc4-c4ccccc4)cc(C(C)(C)C)c3)c2)cc1)(C([2H])([2H])[2H])C([2H])([2H])[2H]. The molecule has 2 heterocycles. The van der Waals surface area contributed by atoms with Gasteiger partial charge in [-0.1, -0.05) is 147 Å². The highest BCUT2D eigenvalue weighted by Gasteiger charge is 2.26. The Balaban J connectivity index is 1.33. The average molecular weight is 811 g/mol. The molecule has 0 saturated carbocycles. The van der Waals surface area contributed by atoms with Crippen LogP contribution in [0.15, 0.2) is 140 Å². The predicted molar refractivity (Wildman–Crippen MR) is 258 cm³/mol. The van der Waals surface area contributed by atoms with Crippen LogP contribution in [0, 0.1) is 13.8 Å². The van der Waals surface area contributed by atoms with Crippen molar-refractivity contribution in [3.05, 3.63) is 167 Å². The quantitative estimate of drug-likeness (QED) is 0.166. The summed E-state index contributed by atoms with van der Waals surface area (Å²) >= 11 is 0. The van der Waals surface area contributed by atoms with E-state index < -0.39 is 26.0 Å². The summed E-state index contributed by atoms with van der Waals surface area (Å²) in [6.45, 7) is 7.05. The topological polar surface area (TPSA) is 50.9 Å². The third-order valence-corrected chi connectivity index (χ3v) is 12.2. The summed E-state index contributed by atoms with van der Waals surface area (Å²) in [5.74, 6) is 0.769. The third-order valence-electron chi connectivity index (χ3n) is 12.2. The largest absolute Gasteiger partial charge is 0.507 e. The van der Waals surface area contributed by atoms with Gasteiger partial charge in [-0.15, -0.1) is 0 Å². The number of para-hydroxylation sites is 1. The molecular weight excluding hydrogens is 743 g/mol. The van der Waals surface area contributed by atoms with Crippen molar-refractivity contribution in [2.45, 2.75) is 98.6 Å². The first-order valence-electron chi connectivity index (χ1n) is 25.4. The van der Waals surface area contributed by atoms with Crippen LogP contribution < -0.4 is 0 Å². The Morgan fingerprint density at radius 2 is 1.31 bits per heavy atom. The predicted octanol–water partition coefficient (Wildman–Crippen LogP) is 15.4. The number of phenolic OH excluding ortho intramolecular Hbond substituents is 1. The van der Waals surface area contributed by atoms with Crippen molar-refractivity contribution in [1.82, 2.24) is 14.5 Å². The van der Waals surface area contributed by atoms with Crippen molar-refractivity contribution in [1.29, 1.82) is 0 Å². The zero-order valence-electron chi connectivity index (χ0n) is 45.3. The van der Waals surface area contributed by atoms with E-state index >= 15 is 0 Å². The number of hydrogen-bond acceptors (Lipinski definition) is 3. The van der Waals surface area contributed by atoms with Crippen LogP contribution in [0.3, 0.4) is 0 Å². The summed E-state index contributed by atoms with van der Waals surface area (Å²) in [7, 11) is 0. The molecule has 0 aliphatic carbocycles. The highest BCUT2D eigenvalue weighted by atomic mass is 16.3. The molecule has 308 valence electrons. The Labute approximate surface area is 375 Å². The molecule has 6 aromatic carbocycles. The molecule has 0 spiro atoms. The number of hydrogen-bond donors (Lipinski definition) is 1. The molecule has 0 aliphatic rings. The van der Waals surface area contributed by atoms with Gasteiger partial charge in [-0.05, 0) is 135 Å². The molecule has 1 N–H and O–H groups in total. The normalized spacial score (nSPS) is 15.1. The highest BCUT2D eigenvalue weighted by Crippen LogP contribution is 2.43. The van der Waals surface area contributed by atoms with Crippen molar-refractivity contribution in [2.75, 3.05) is 0 Å². The van der Waals surface area contributed by atoms with Crippen molar-refractivity contribution in [3.63, 3.8) is 0 Å². The van der Waals surface area contributed by atoms with Gasteiger partial charge < -0.3 is 5.11 Å². The van der Waals surface area contributed by atoms with Crippen LogP contribution in [0.1, 0.15) is 109 Å². The summed E-state index contributed by atoms with van der Waals surface area (Å²) in [5, 5.41) is 11.8. The van der Waals surface area contributed by atoms with E-state index in [1.165, 1.54) is 17.7 Å². The van der Waals surface area contributed by atoms with Gasteiger partial charge in [-0.3, -0.25) is 9.55 Å². The van der Waals surface area contributed by atoms with Crippen molar-refractivity contribution < 1.29 is 17.4 Å². The maximum Gasteiger partial charge on any atom is 0.149 e. The number of fused-ring (bicyclic) bond motifs is 1. The summed E-state index contributed by atoms with van der Waals surface area (Å²) in [6.07, 6.45) is 2.64. The second-order valence-electron chi connectivity index (χ2n) is 18.1. The Bertz CT molecular complexity index is 3210. The van der Waals surface area contributed by atoms with Gasteiger partial charge >= 0.3 is 0 Å². The number of aromatic nitrogens is 3. The van der Waals surface area contributed by atoms with E-state index in [9.17, 15) is 5.11 Å². The minimum Gasteiger partial charge on any atom is -0.507 e. The zero-order chi connectivity index (χ0) is 50.9. The van der Waals surface area contributed by atoms with Crippen LogP contribution in [-0.2, 0) is 16.2 Å². The van der Waals surface area contributed by atoms with Gasteiger partial charge in [0, 0.05) is 35.2 Å². The number of benzene rings is 6. The molecular formula is C57H59N3O. The van der Waals surface area contributed by atoms with Crippen LogP contribution in [-0.4, -0.2) is 19.6 Å². The smallest absolute Gasteiger partial charge is 0.149 e. The van der Waals surface area contributed by atoms with Gasteiger partial charge in [-0.2, -0.15) is 0 Å². The summed E-state index contributed by atoms with van der Waals surface area (Å²) in [5.41, 5.74) is 10.1. The fraction of sp³-hybridized carbons (Fsp3) is 0.263. The molecule has 4 nitrogen and oxygen atoms in total. The van der Waals surface area contributed by atoms with E-state index in [0.29, 0.717) is 28.2 Å². The fourth-order valence-electron chi connectivity index (χ4n) is 8.14. The Morgan fingerprint density at radius 1 is 0.590 bits per heavy atom. The Kier molecular flexibility index (Phi) is 8.10. The minimum absolute atomic E-state index is 0.0765.